The maximum atomic E-state index is 6.49. The molecule has 1 spiro atoms. The highest BCUT2D eigenvalue weighted by Crippen LogP contribution is 2.44. The Morgan fingerprint density at radius 3 is 2.66 bits per heavy atom. The molecule has 3 saturated heterocycles. The first-order valence-electron chi connectivity index (χ1n) is 11.0. The van der Waals surface area contributed by atoms with Crippen LogP contribution in [0.15, 0.2) is 16.9 Å². The standard InChI is InChI=1S/C22H33N5O2/c1-16-20(17(2)29-24-16)14-26-10-11-28-22(15-26)12-18-4-5-19(13-22)27(18)8-6-21-23-7-9-25(21)3/h7,9,18-19H,4-6,8,10-15H2,1-3H3/t18-,19+,22?. The number of aryl methyl sites for hydroxylation is 3. The molecule has 29 heavy (non-hydrogen) atoms. The molecule has 7 nitrogen and oxygen atoms in total. The van der Waals surface area contributed by atoms with Crippen LogP contribution in [-0.4, -0.2) is 68.4 Å². The predicted molar refractivity (Wildman–Crippen MR) is 110 cm³/mol. The summed E-state index contributed by atoms with van der Waals surface area (Å²) in [7, 11) is 2.09. The molecule has 7 heteroatoms. The molecule has 2 aromatic rings. The van der Waals surface area contributed by atoms with E-state index in [0.717, 1.165) is 63.5 Å². The van der Waals surface area contributed by atoms with E-state index in [-0.39, 0.29) is 5.60 Å². The third-order valence-electron chi connectivity index (χ3n) is 7.39. The third-order valence-corrected chi connectivity index (χ3v) is 7.39. The normalized spacial score (nSPS) is 30.4. The molecule has 0 aliphatic carbocycles. The van der Waals surface area contributed by atoms with Crippen molar-refractivity contribution in [3.05, 3.63) is 35.2 Å². The van der Waals surface area contributed by atoms with E-state index in [1.54, 1.807) is 0 Å². The van der Waals surface area contributed by atoms with E-state index < -0.39 is 0 Å². The lowest BCUT2D eigenvalue weighted by atomic mass is 9.84. The van der Waals surface area contributed by atoms with E-state index in [9.17, 15) is 0 Å². The van der Waals surface area contributed by atoms with Crippen LogP contribution in [0.4, 0.5) is 0 Å². The first kappa shape index (κ1) is 19.3. The van der Waals surface area contributed by atoms with Gasteiger partial charge in [-0.15, -0.1) is 0 Å². The molecule has 5 heterocycles. The number of hydrogen-bond donors (Lipinski definition) is 0. The van der Waals surface area contributed by atoms with E-state index in [1.807, 2.05) is 26.2 Å². The van der Waals surface area contributed by atoms with Crippen LogP contribution in [0, 0.1) is 13.8 Å². The Bertz CT molecular complexity index is 826. The third kappa shape index (κ3) is 3.64. The van der Waals surface area contributed by atoms with E-state index >= 15 is 0 Å². The van der Waals surface area contributed by atoms with Crippen molar-refractivity contribution in [2.24, 2.45) is 7.05 Å². The van der Waals surface area contributed by atoms with Crippen LogP contribution in [0.2, 0.25) is 0 Å². The molecular weight excluding hydrogens is 366 g/mol. The summed E-state index contributed by atoms with van der Waals surface area (Å²) in [5, 5.41) is 4.13. The van der Waals surface area contributed by atoms with Crippen molar-refractivity contribution >= 4 is 0 Å². The molecular formula is C22H33N5O2. The zero-order valence-electron chi connectivity index (χ0n) is 17.9. The van der Waals surface area contributed by atoms with Crippen molar-refractivity contribution in [1.29, 1.82) is 0 Å². The van der Waals surface area contributed by atoms with Crippen molar-refractivity contribution in [3.8, 4) is 0 Å². The maximum Gasteiger partial charge on any atom is 0.138 e. The Morgan fingerprint density at radius 1 is 1.21 bits per heavy atom. The summed E-state index contributed by atoms with van der Waals surface area (Å²) in [5.74, 6) is 2.14. The summed E-state index contributed by atoms with van der Waals surface area (Å²) in [6.07, 6.45) is 9.89. The quantitative estimate of drug-likeness (QED) is 0.770. The number of nitrogens with zero attached hydrogens (tertiary/aromatic N) is 5. The zero-order valence-corrected chi connectivity index (χ0v) is 17.9. The van der Waals surface area contributed by atoms with E-state index in [0.29, 0.717) is 12.1 Å². The second-order valence-corrected chi connectivity index (χ2v) is 9.28. The Labute approximate surface area is 173 Å². The van der Waals surface area contributed by atoms with Crippen LogP contribution in [0.3, 0.4) is 0 Å². The minimum atomic E-state index is 0.0166. The van der Waals surface area contributed by atoms with Crippen LogP contribution in [-0.2, 0) is 24.8 Å². The largest absolute Gasteiger partial charge is 0.372 e. The average molecular weight is 400 g/mol. The smallest absolute Gasteiger partial charge is 0.138 e. The fourth-order valence-electron chi connectivity index (χ4n) is 5.88. The SMILES string of the molecule is Cc1noc(C)c1CN1CCOC2(C[C@H]3CC[C@@H](C2)N3CCc2nccn2C)C1. The molecule has 0 saturated carbocycles. The summed E-state index contributed by atoms with van der Waals surface area (Å²) in [5.41, 5.74) is 2.28. The number of ether oxygens (including phenoxy) is 1. The van der Waals surface area contributed by atoms with Gasteiger partial charge in [0.2, 0.25) is 0 Å². The Hall–Kier alpha value is -1.70. The van der Waals surface area contributed by atoms with Crippen LogP contribution < -0.4 is 0 Å². The number of fused-ring (bicyclic) bond motifs is 2. The fraction of sp³-hybridized carbons (Fsp3) is 0.727. The summed E-state index contributed by atoms with van der Waals surface area (Å²) in [4.78, 5) is 9.81. The van der Waals surface area contributed by atoms with Crippen molar-refractivity contribution < 1.29 is 9.26 Å². The first-order valence-corrected chi connectivity index (χ1v) is 11.0. The lowest BCUT2D eigenvalue weighted by Crippen LogP contribution is -2.60. The molecule has 0 amide bonds. The van der Waals surface area contributed by atoms with Gasteiger partial charge in [0, 0.05) is 69.7 Å². The van der Waals surface area contributed by atoms with E-state index in [1.165, 1.54) is 24.2 Å². The van der Waals surface area contributed by atoms with Gasteiger partial charge in [-0.25, -0.2) is 4.98 Å². The van der Waals surface area contributed by atoms with Gasteiger partial charge >= 0.3 is 0 Å². The average Bonchev–Trinajstić information content (AvgIpc) is 3.32. The molecule has 2 bridgehead atoms. The highest BCUT2D eigenvalue weighted by atomic mass is 16.5. The molecule has 3 fully saturated rings. The van der Waals surface area contributed by atoms with Gasteiger partial charge in [0.15, 0.2) is 0 Å². The summed E-state index contributed by atoms with van der Waals surface area (Å²) in [6, 6.07) is 1.29. The number of imidazole rings is 1. The minimum Gasteiger partial charge on any atom is -0.372 e. The van der Waals surface area contributed by atoms with Gasteiger partial charge in [-0.1, -0.05) is 5.16 Å². The molecule has 0 radical (unpaired) electrons. The molecule has 5 rings (SSSR count). The Kier molecular flexibility index (Phi) is 5.00. The summed E-state index contributed by atoms with van der Waals surface area (Å²) < 4.78 is 14.0. The maximum absolute atomic E-state index is 6.49. The molecule has 0 N–H and O–H groups in total. The van der Waals surface area contributed by atoms with Gasteiger partial charge in [-0.2, -0.15) is 0 Å². The van der Waals surface area contributed by atoms with Crippen LogP contribution in [0.1, 0.15) is 48.5 Å². The van der Waals surface area contributed by atoms with Gasteiger partial charge in [-0.05, 0) is 39.5 Å². The number of morpholine rings is 1. The second-order valence-electron chi connectivity index (χ2n) is 9.28. The first-order chi connectivity index (χ1) is 14.0. The van der Waals surface area contributed by atoms with Crippen molar-refractivity contribution in [3.63, 3.8) is 0 Å². The summed E-state index contributed by atoms with van der Waals surface area (Å²) >= 11 is 0. The van der Waals surface area contributed by atoms with E-state index in [4.69, 9.17) is 9.26 Å². The molecule has 3 aliphatic rings. The fourth-order valence-corrected chi connectivity index (χ4v) is 5.88. The monoisotopic (exact) mass is 399 g/mol. The molecule has 3 aliphatic heterocycles. The number of piperidine rings is 1. The lowest BCUT2D eigenvalue weighted by Gasteiger charge is -2.50. The molecule has 158 valence electrons. The van der Waals surface area contributed by atoms with Crippen molar-refractivity contribution in [2.45, 2.75) is 70.2 Å². The van der Waals surface area contributed by atoms with Crippen LogP contribution in [0.25, 0.3) is 0 Å². The summed E-state index contributed by atoms with van der Waals surface area (Å²) in [6.45, 7) is 8.94. The van der Waals surface area contributed by atoms with Gasteiger partial charge in [0.25, 0.3) is 0 Å². The number of aromatic nitrogens is 3. The molecule has 2 aromatic heterocycles. The molecule has 1 unspecified atom stereocenters. The number of hydrogen-bond acceptors (Lipinski definition) is 6. The zero-order chi connectivity index (χ0) is 20.0. The number of rotatable bonds is 5. The van der Waals surface area contributed by atoms with Gasteiger partial charge < -0.3 is 13.8 Å². The van der Waals surface area contributed by atoms with Crippen molar-refractivity contribution in [2.75, 3.05) is 26.2 Å². The lowest BCUT2D eigenvalue weighted by molar-refractivity contribution is -0.151. The van der Waals surface area contributed by atoms with E-state index in [2.05, 4.69) is 31.6 Å². The van der Waals surface area contributed by atoms with Crippen LogP contribution >= 0.6 is 0 Å². The predicted octanol–water partition coefficient (Wildman–Crippen LogP) is 2.47. The van der Waals surface area contributed by atoms with Gasteiger partial charge in [-0.3, -0.25) is 9.80 Å². The second kappa shape index (κ2) is 7.52. The molecule has 0 aromatic carbocycles. The topological polar surface area (TPSA) is 59.6 Å². The van der Waals surface area contributed by atoms with Crippen molar-refractivity contribution in [1.82, 2.24) is 24.5 Å². The van der Waals surface area contributed by atoms with Gasteiger partial charge in [0.1, 0.15) is 11.6 Å². The highest BCUT2D eigenvalue weighted by molar-refractivity contribution is 5.21. The minimum absolute atomic E-state index is 0.0166. The van der Waals surface area contributed by atoms with Gasteiger partial charge in [0.05, 0.1) is 17.9 Å². The highest BCUT2D eigenvalue weighted by Gasteiger charge is 2.50. The van der Waals surface area contributed by atoms with Crippen LogP contribution in [0.5, 0.6) is 0 Å². The molecule has 3 atom stereocenters. The Morgan fingerprint density at radius 2 is 2.00 bits per heavy atom. The Balaban J connectivity index is 1.24.